The molecule has 0 aliphatic carbocycles. The number of halogens is 1. The number of nitrogens with one attached hydrogen (secondary N) is 1. The molecule has 0 aliphatic heterocycles. The molecular formula is C19H21FN2OS. The molecule has 1 N–H and O–H groups in total. The highest BCUT2D eigenvalue weighted by molar-refractivity contribution is 7.80. The fourth-order valence-electron chi connectivity index (χ4n) is 2.11. The number of thiocarbonyl (C=S) groups is 1. The highest BCUT2D eigenvalue weighted by Gasteiger charge is 2.05. The van der Waals surface area contributed by atoms with Gasteiger partial charge in [0.1, 0.15) is 18.2 Å². The Morgan fingerprint density at radius 3 is 2.42 bits per heavy atom. The summed E-state index contributed by atoms with van der Waals surface area (Å²) in [6.07, 6.45) is 1.72. The van der Waals surface area contributed by atoms with Gasteiger partial charge in [-0.3, -0.25) is 0 Å². The van der Waals surface area contributed by atoms with Crippen LogP contribution in [0.25, 0.3) is 0 Å². The Kier molecular flexibility index (Phi) is 6.75. The zero-order valence-electron chi connectivity index (χ0n) is 13.7. The van der Waals surface area contributed by atoms with Gasteiger partial charge < -0.3 is 15.0 Å². The number of hydrogen-bond acceptors (Lipinski definition) is 2. The molecule has 0 atom stereocenters. The van der Waals surface area contributed by atoms with E-state index in [9.17, 15) is 4.39 Å². The van der Waals surface area contributed by atoms with Crippen LogP contribution >= 0.6 is 12.2 Å². The molecule has 0 heterocycles. The van der Waals surface area contributed by atoms with E-state index in [1.165, 1.54) is 12.1 Å². The molecule has 0 saturated heterocycles. The Labute approximate surface area is 147 Å². The molecule has 0 spiro atoms. The van der Waals surface area contributed by atoms with Gasteiger partial charge in [0.2, 0.25) is 0 Å². The van der Waals surface area contributed by atoms with Gasteiger partial charge in [-0.25, -0.2) is 4.39 Å². The molecule has 2 rings (SSSR count). The van der Waals surface area contributed by atoms with E-state index in [-0.39, 0.29) is 5.82 Å². The van der Waals surface area contributed by atoms with Crippen LogP contribution in [0.3, 0.4) is 0 Å². The van der Waals surface area contributed by atoms with Gasteiger partial charge in [0.05, 0.1) is 0 Å². The van der Waals surface area contributed by atoms with E-state index >= 15 is 0 Å². The summed E-state index contributed by atoms with van der Waals surface area (Å²) in [5.74, 6) is 0.581. The molecule has 5 heteroatoms. The van der Waals surface area contributed by atoms with Gasteiger partial charge in [0.15, 0.2) is 5.11 Å². The van der Waals surface area contributed by atoms with E-state index in [1.807, 2.05) is 36.2 Å². The maximum atomic E-state index is 12.9. The minimum atomic E-state index is -0.237. The van der Waals surface area contributed by atoms with Crippen molar-refractivity contribution in [2.45, 2.75) is 13.1 Å². The summed E-state index contributed by atoms with van der Waals surface area (Å²) >= 11 is 5.39. The third-order valence-corrected chi connectivity index (χ3v) is 3.87. The summed E-state index contributed by atoms with van der Waals surface area (Å²) < 4.78 is 18.3. The molecule has 0 fully saturated rings. The standard InChI is InChI=1S/C19H21FN2OS/c1-3-12-23-18-10-6-16(7-11-18)14-22(2)19(24)21-13-15-4-8-17(20)9-5-15/h3-11H,1,12-14H2,2H3,(H,21,24). The van der Waals surface area contributed by atoms with Crippen LogP contribution in [0.1, 0.15) is 11.1 Å². The van der Waals surface area contributed by atoms with Gasteiger partial charge in [0.25, 0.3) is 0 Å². The predicted octanol–water partition coefficient (Wildman–Crippen LogP) is 3.90. The molecular weight excluding hydrogens is 323 g/mol. The van der Waals surface area contributed by atoms with Gasteiger partial charge in [-0.1, -0.05) is 36.9 Å². The summed E-state index contributed by atoms with van der Waals surface area (Å²) in [4.78, 5) is 1.96. The molecule has 0 unspecified atom stereocenters. The molecule has 0 aromatic heterocycles. The second kappa shape index (κ2) is 9.03. The normalized spacial score (nSPS) is 10.1. The fraction of sp³-hybridized carbons (Fsp3) is 0.211. The quantitative estimate of drug-likeness (QED) is 0.608. The van der Waals surface area contributed by atoms with Crippen molar-refractivity contribution in [2.75, 3.05) is 13.7 Å². The van der Waals surface area contributed by atoms with E-state index in [2.05, 4.69) is 11.9 Å². The summed E-state index contributed by atoms with van der Waals surface area (Å²) in [7, 11) is 1.93. The second-order valence-electron chi connectivity index (χ2n) is 5.38. The van der Waals surface area contributed by atoms with Gasteiger partial charge in [0, 0.05) is 20.1 Å². The molecule has 0 saturated carbocycles. The van der Waals surface area contributed by atoms with Crippen molar-refractivity contribution in [3.05, 3.63) is 78.1 Å². The second-order valence-corrected chi connectivity index (χ2v) is 5.77. The largest absolute Gasteiger partial charge is 0.490 e. The Balaban J connectivity index is 1.82. The van der Waals surface area contributed by atoms with Crippen LogP contribution in [-0.4, -0.2) is 23.7 Å². The SMILES string of the molecule is C=CCOc1ccc(CN(C)C(=S)NCc2ccc(F)cc2)cc1. The smallest absolute Gasteiger partial charge is 0.169 e. The minimum Gasteiger partial charge on any atom is -0.490 e. The van der Waals surface area contributed by atoms with Crippen LogP contribution in [0.15, 0.2) is 61.2 Å². The molecule has 0 amide bonds. The molecule has 0 bridgehead atoms. The third kappa shape index (κ3) is 5.66. The minimum absolute atomic E-state index is 0.237. The first kappa shape index (κ1) is 17.9. The lowest BCUT2D eigenvalue weighted by Gasteiger charge is -2.21. The average molecular weight is 344 g/mol. The Bertz CT molecular complexity index is 671. The van der Waals surface area contributed by atoms with E-state index in [4.69, 9.17) is 17.0 Å². The van der Waals surface area contributed by atoms with E-state index in [0.717, 1.165) is 16.9 Å². The molecule has 3 nitrogen and oxygen atoms in total. The Morgan fingerprint density at radius 2 is 1.79 bits per heavy atom. The van der Waals surface area contributed by atoms with E-state index in [0.29, 0.717) is 24.8 Å². The summed E-state index contributed by atoms with van der Waals surface area (Å²) in [6, 6.07) is 14.3. The molecule has 0 aliphatic rings. The van der Waals surface area contributed by atoms with Gasteiger partial charge in [-0.2, -0.15) is 0 Å². The fourth-order valence-corrected chi connectivity index (χ4v) is 2.24. The van der Waals surface area contributed by atoms with E-state index in [1.54, 1.807) is 18.2 Å². The zero-order chi connectivity index (χ0) is 17.4. The van der Waals surface area contributed by atoms with Crippen LogP contribution in [0.2, 0.25) is 0 Å². The van der Waals surface area contributed by atoms with Gasteiger partial charge >= 0.3 is 0 Å². The topological polar surface area (TPSA) is 24.5 Å². The molecule has 0 radical (unpaired) electrons. The molecule has 24 heavy (non-hydrogen) atoms. The Morgan fingerprint density at radius 1 is 1.17 bits per heavy atom. The highest BCUT2D eigenvalue weighted by Crippen LogP contribution is 2.13. The monoisotopic (exact) mass is 344 g/mol. The van der Waals surface area contributed by atoms with E-state index < -0.39 is 0 Å². The third-order valence-electron chi connectivity index (χ3n) is 3.41. The van der Waals surface area contributed by atoms with Crippen LogP contribution < -0.4 is 10.1 Å². The van der Waals surface area contributed by atoms with Crippen LogP contribution in [-0.2, 0) is 13.1 Å². The Hall–Kier alpha value is -2.40. The maximum Gasteiger partial charge on any atom is 0.169 e. The lowest BCUT2D eigenvalue weighted by Crippen LogP contribution is -2.36. The van der Waals surface area contributed by atoms with Crippen LogP contribution in [0.4, 0.5) is 4.39 Å². The number of ether oxygens (including phenoxy) is 1. The highest BCUT2D eigenvalue weighted by atomic mass is 32.1. The van der Waals surface area contributed by atoms with Crippen molar-refractivity contribution in [3.8, 4) is 5.75 Å². The summed E-state index contributed by atoms with van der Waals surface area (Å²) in [5, 5.41) is 3.82. The first-order chi connectivity index (χ1) is 11.6. The number of hydrogen-bond donors (Lipinski definition) is 1. The predicted molar refractivity (Wildman–Crippen MR) is 99.4 cm³/mol. The van der Waals surface area contributed by atoms with Crippen molar-refractivity contribution >= 4 is 17.3 Å². The summed E-state index contributed by atoms with van der Waals surface area (Å²) in [6.45, 7) is 5.38. The number of rotatable bonds is 7. The van der Waals surface area contributed by atoms with Crippen molar-refractivity contribution in [3.63, 3.8) is 0 Å². The molecule has 2 aromatic carbocycles. The lowest BCUT2D eigenvalue weighted by atomic mass is 10.2. The number of benzene rings is 2. The summed E-state index contributed by atoms with van der Waals surface area (Å²) in [5.41, 5.74) is 2.12. The van der Waals surface area contributed by atoms with Crippen LogP contribution in [0.5, 0.6) is 5.75 Å². The van der Waals surface area contributed by atoms with Crippen molar-refractivity contribution in [2.24, 2.45) is 0 Å². The first-order valence-corrected chi connectivity index (χ1v) is 8.05. The van der Waals surface area contributed by atoms with Gasteiger partial charge in [-0.05, 0) is 47.6 Å². The average Bonchev–Trinajstić information content (AvgIpc) is 2.60. The van der Waals surface area contributed by atoms with Crippen molar-refractivity contribution in [1.29, 1.82) is 0 Å². The lowest BCUT2D eigenvalue weighted by molar-refractivity contribution is 0.363. The van der Waals surface area contributed by atoms with Gasteiger partial charge in [-0.15, -0.1) is 0 Å². The van der Waals surface area contributed by atoms with Crippen molar-refractivity contribution in [1.82, 2.24) is 10.2 Å². The zero-order valence-corrected chi connectivity index (χ0v) is 14.5. The van der Waals surface area contributed by atoms with Crippen molar-refractivity contribution < 1.29 is 9.13 Å². The first-order valence-electron chi connectivity index (χ1n) is 7.64. The molecule has 2 aromatic rings. The maximum absolute atomic E-state index is 12.9. The number of nitrogens with zero attached hydrogens (tertiary/aromatic N) is 1. The molecule has 126 valence electrons. The van der Waals surface area contributed by atoms with Crippen LogP contribution in [0, 0.1) is 5.82 Å².